The van der Waals surface area contributed by atoms with Gasteiger partial charge in [-0.15, -0.1) is 11.3 Å². The van der Waals surface area contributed by atoms with E-state index in [0.717, 1.165) is 10.7 Å². The molecule has 2 heterocycles. The lowest BCUT2D eigenvalue weighted by atomic mass is 10.0. The van der Waals surface area contributed by atoms with E-state index in [1.54, 1.807) is 11.3 Å². The van der Waals surface area contributed by atoms with Crippen LogP contribution in [0.5, 0.6) is 0 Å². The number of carbonyl (C=O) groups is 2. The molecule has 1 aromatic heterocycles. The third-order valence-corrected chi connectivity index (χ3v) is 3.66. The summed E-state index contributed by atoms with van der Waals surface area (Å²) in [5, 5.41) is 14.4. The lowest BCUT2D eigenvalue weighted by Gasteiger charge is -2.36. The van der Waals surface area contributed by atoms with Gasteiger partial charge in [0.2, 0.25) is 0 Å². The summed E-state index contributed by atoms with van der Waals surface area (Å²) < 4.78 is 0. The van der Waals surface area contributed by atoms with Crippen molar-refractivity contribution in [2.24, 2.45) is 5.92 Å². The first kappa shape index (κ1) is 12.8. The summed E-state index contributed by atoms with van der Waals surface area (Å²) in [7, 11) is 0. The summed E-state index contributed by atoms with van der Waals surface area (Å²) in [6.07, 6.45) is 0.701. The zero-order chi connectivity index (χ0) is 13.1. The van der Waals surface area contributed by atoms with Gasteiger partial charge < -0.3 is 15.3 Å². The number of thiazole rings is 1. The van der Waals surface area contributed by atoms with Gasteiger partial charge in [0, 0.05) is 31.4 Å². The zero-order valence-electron chi connectivity index (χ0n) is 10.0. The predicted molar refractivity (Wildman–Crippen MR) is 66.7 cm³/mol. The third-order valence-electron chi connectivity index (χ3n) is 2.84. The Balaban J connectivity index is 1.66. The van der Waals surface area contributed by atoms with Crippen molar-refractivity contribution >= 4 is 23.3 Å². The molecule has 1 aliphatic heterocycles. The van der Waals surface area contributed by atoms with Crippen LogP contribution in [0.25, 0.3) is 0 Å². The monoisotopic (exact) mass is 269 g/mol. The van der Waals surface area contributed by atoms with Gasteiger partial charge in [-0.2, -0.15) is 0 Å². The molecule has 98 valence electrons. The molecular formula is C11H15N3O3S. The van der Waals surface area contributed by atoms with Gasteiger partial charge in [-0.1, -0.05) is 0 Å². The molecule has 7 heteroatoms. The van der Waals surface area contributed by atoms with Crippen LogP contribution in [-0.4, -0.2) is 46.6 Å². The van der Waals surface area contributed by atoms with E-state index in [1.165, 1.54) is 4.90 Å². The lowest BCUT2D eigenvalue weighted by Crippen LogP contribution is -2.56. The van der Waals surface area contributed by atoms with Gasteiger partial charge in [0.25, 0.3) is 0 Å². The fourth-order valence-electron chi connectivity index (χ4n) is 1.73. The highest BCUT2D eigenvalue weighted by molar-refractivity contribution is 7.09. The van der Waals surface area contributed by atoms with Crippen molar-refractivity contribution in [1.82, 2.24) is 15.2 Å². The zero-order valence-corrected chi connectivity index (χ0v) is 10.9. The lowest BCUT2D eigenvalue weighted by molar-refractivity contribution is -0.146. The van der Waals surface area contributed by atoms with Crippen molar-refractivity contribution in [3.63, 3.8) is 0 Å². The maximum atomic E-state index is 11.6. The van der Waals surface area contributed by atoms with Gasteiger partial charge in [0.05, 0.1) is 16.6 Å². The number of hydrogen-bond acceptors (Lipinski definition) is 4. The molecule has 0 saturated carbocycles. The molecule has 0 radical (unpaired) electrons. The standard InChI is InChI=1S/C11H15N3O3S/c1-7-13-9(6-18-7)2-3-12-11(17)14-4-8(5-14)10(15)16/h6,8H,2-5H2,1H3,(H,12,17)(H,15,16). The van der Waals surface area contributed by atoms with Gasteiger partial charge in [-0.05, 0) is 6.92 Å². The van der Waals surface area contributed by atoms with Crippen LogP contribution in [0.15, 0.2) is 5.38 Å². The summed E-state index contributed by atoms with van der Waals surface area (Å²) in [5.41, 5.74) is 0.977. The number of carboxylic acids is 1. The highest BCUT2D eigenvalue weighted by Crippen LogP contribution is 2.15. The van der Waals surface area contributed by atoms with Crippen LogP contribution in [0.4, 0.5) is 4.79 Å². The molecule has 0 spiro atoms. The normalized spacial score (nSPS) is 15.3. The number of aliphatic carboxylic acids is 1. The molecule has 18 heavy (non-hydrogen) atoms. The number of likely N-dealkylation sites (tertiary alicyclic amines) is 1. The molecule has 0 unspecified atom stereocenters. The van der Waals surface area contributed by atoms with E-state index < -0.39 is 11.9 Å². The Morgan fingerprint density at radius 3 is 2.89 bits per heavy atom. The molecule has 2 N–H and O–H groups in total. The van der Waals surface area contributed by atoms with Crippen molar-refractivity contribution in [1.29, 1.82) is 0 Å². The van der Waals surface area contributed by atoms with E-state index in [0.29, 0.717) is 26.1 Å². The number of carboxylic acid groups (broad SMARTS) is 1. The van der Waals surface area contributed by atoms with Crippen molar-refractivity contribution in [2.45, 2.75) is 13.3 Å². The molecule has 2 rings (SSSR count). The first-order chi connectivity index (χ1) is 8.56. The first-order valence-corrected chi connectivity index (χ1v) is 6.61. The van der Waals surface area contributed by atoms with E-state index in [1.807, 2.05) is 12.3 Å². The second-order valence-electron chi connectivity index (χ2n) is 4.28. The molecule has 0 aliphatic carbocycles. The quantitative estimate of drug-likeness (QED) is 0.843. The van der Waals surface area contributed by atoms with E-state index in [9.17, 15) is 9.59 Å². The molecule has 2 amide bonds. The highest BCUT2D eigenvalue weighted by Gasteiger charge is 2.35. The summed E-state index contributed by atoms with van der Waals surface area (Å²) in [6, 6.07) is -0.195. The Hall–Kier alpha value is -1.63. The van der Waals surface area contributed by atoms with Crippen LogP contribution in [0.3, 0.4) is 0 Å². The maximum Gasteiger partial charge on any atom is 0.317 e. The summed E-state index contributed by atoms with van der Waals surface area (Å²) >= 11 is 1.59. The molecular weight excluding hydrogens is 254 g/mol. The minimum atomic E-state index is -0.836. The predicted octanol–water partition coefficient (Wildman–Crippen LogP) is 0.720. The fraction of sp³-hybridized carbons (Fsp3) is 0.545. The van der Waals surface area contributed by atoms with Crippen LogP contribution in [0, 0.1) is 12.8 Å². The SMILES string of the molecule is Cc1nc(CCNC(=O)N2CC(C(=O)O)C2)cs1. The molecule has 1 aromatic rings. The average Bonchev–Trinajstić information content (AvgIpc) is 2.61. The Labute approximate surface area is 109 Å². The number of urea groups is 1. The van der Waals surface area contributed by atoms with E-state index in [-0.39, 0.29) is 6.03 Å². The van der Waals surface area contributed by atoms with E-state index >= 15 is 0 Å². The van der Waals surface area contributed by atoms with Crippen molar-refractivity contribution in [3.05, 3.63) is 16.1 Å². The molecule has 1 fully saturated rings. The molecule has 1 saturated heterocycles. The molecule has 6 nitrogen and oxygen atoms in total. The van der Waals surface area contributed by atoms with Gasteiger partial charge in [0.1, 0.15) is 0 Å². The van der Waals surface area contributed by atoms with Crippen LogP contribution < -0.4 is 5.32 Å². The smallest absolute Gasteiger partial charge is 0.317 e. The number of amides is 2. The van der Waals surface area contributed by atoms with E-state index in [2.05, 4.69) is 10.3 Å². The number of carbonyl (C=O) groups excluding carboxylic acids is 1. The van der Waals surface area contributed by atoms with E-state index in [4.69, 9.17) is 5.11 Å². The van der Waals surface area contributed by atoms with Crippen molar-refractivity contribution in [2.75, 3.05) is 19.6 Å². The second kappa shape index (κ2) is 5.34. The number of nitrogens with one attached hydrogen (secondary N) is 1. The Kier molecular flexibility index (Phi) is 3.81. The number of aryl methyl sites for hydroxylation is 1. The summed E-state index contributed by atoms with van der Waals surface area (Å²) in [5.74, 6) is -1.24. The Bertz CT molecular complexity index is 454. The Morgan fingerprint density at radius 1 is 1.61 bits per heavy atom. The average molecular weight is 269 g/mol. The van der Waals surface area contributed by atoms with Gasteiger partial charge in [-0.3, -0.25) is 4.79 Å². The summed E-state index contributed by atoms with van der Waals surface area (Å²) in [6.45, 7) is 3.07. The molecule has 0 aromatic carbocycles. The topological polar surface area (TPSA) is 82.5 Å². The highest BCUT2D eigenvalue weighted by atomic mass is 32.1. The first-order valence-electron chi connectivity index (χ1n) is 5.73. The number of hydrogen-bond donors (Lipinski definition) is 2. The van der Waals surface area contributed by atoms with Crippen LogP contribution in [0.1, 0.15) is 10.7 Å². The molecule has 1 aliphatic rings. The minimum Gasteiger partial charge on any atom is -0.481 e. The van der Waals surface area contributed by atoms with Gasteiger partial charge in [0.15, 0.2) is 0 Å². The minimum absolute atomic E-state index is 0.195. The van der Waals surface area contributed by atoms with Crippen LogP contribution in [0.2, 0.25) is 0 Å². The van der Waals surface area contributed by atoms with Gasteiger partial charge in [-0.25, -0.2) is 9.78 Å². The number of rotatable bonds is 4. The van der Waals surface area contributed by atoms with Crippen LogP contribution in [-0.2, 0) is 11.2 Å². The van der Waals surface area contributed by atoms with Crippen LogP contribution >= 0.6 is 11.3 Å². The number of nitrogens with zero attached hydrogens (tertiary/aromatic N) is 2. The maximum absolute atomic E-state index is 11.6. The van der Waals surface area contributed by atoms with Crippen molar-refractivity contribution < 1.29 is 14.7 Å². The fourth-order valence-corrected chi connectivity index (χ4v) is 2.38. The second-order valence-corrected chi connectivity index (χ2v) is 5.34. The molecule has 0 atom stereocenters. The largest absolute Gasteiger partial charge is 0.481 e. The third kappa shape index (κ3) is 2.98. The summed E-state index contributed by atoms with van der Waals surface area (Å²) in [4.78, 5) is 28.0. The van der Waals surface area contributed by atoms with Gasteiger partial charge >= 0.3 is 12.0 Å². The Morgan fingerprint density at radius 2 is 2.33 bits per heavy atom. The number of aromatic nitrogens is 1. The van der Waals surface area contributed by atoms with Crippen molar-refractivity contribution in [3.8, 4) is 0 Å². The molecule has 0 bridgehead atoms.